The Balaban J connectivity index is 2.46. The van der Waals surface area contributed by atoms with Crippen LogP contribution >= 0.6 is 0 Å². The molecule has 108 valence electrons. The third kappa shape index (κ3) is 2.74. The van der Waals surface area contributed by atoms with Gasteiger partial charge in [-0.2, -0.15) is 0 Å². The van der Waals surface area contributed by atoms with E-state index in [0.29, 0.717) is 12.2 Å². The molecule has 0 atom stereocenters. The molecule has 6 nitrogen and oxygen atoms in total. The Morgan fingerprint density at radius 1 is 1.45 bits per heavy atom. The van der Waals surface area contributed by atoms with Crippen molar-refractivity contribution in [2.24, 2.45) is 0 Å². The molecule has 1 fully saturated rings. The van der Waals surface area contributed by atoms with E-state index in [4.69, 9.17) is 5.11 Å². The molecule has 0 amide bonds. The van der Waals surface area contributed by atoms with Gasteiger partial charge in [-0.25, -0.2) is 4.79 Å². The molecule has 1 N–H and O–H groups in total. The molecule has 1 aromatic rings. The zero-order valence-corrected chi connectivity index (χ0v) is 11.4. The molecule has 0 heterocycles. The average molecular weight is 278 g/mol. The van der Waals surface area contributed by atoms with Gasteiger partial charge in [-0.3, -0.25) is 10.1 Å². The highest BCUT2D eigenvalue weighted by atomic mass is 16.6. The van der Waals surface area contributed by atoms with Gasteiger partial charge in [0.2, 0.25) is 0 Å². The third-order valence-electron chi connectivity index (χ3n) is 3.83. The molecule has 0 spiro atoms. The van der Waals surface area contributed by atoms with Crippen LogP contribution in [-0.2, 0) is 0 Å². The first-order valence-corrected chi connectivity index (χ1v) is 6.83. The number of carbonyl (C=O) groups is 1. The Morgan fingerprint density at radius 3 is 2.60 bits per heavy atom. The molecule has 0 aliphatic heterocycles. The van der Waals surface area contributed by atoms with Crippen molar-refractivity contribution in [3.8, 4) is 0 Å². The first kappa shape index (κ1) is 14.3. The van der Waals surface area contributed by atoms with Crippen LogP contribution < -0.4 is 4.90 Å². The minimum absolute atomic E-state index is 0.0243. The van der Waals surface area contributed by atoms with Crippen LogP contribution in [0.15, 0.2) is 18.2 Å². The van der Waals surface area contributed by atoms with Crippen LogP contribution in [0.5, 0.6) is 0 Å². The lowest BCUT2D eigenvalue weighted by Gasteiger charge is -2.29. The van der Waals surface area contributed by atoms with Gasteiger partial charge in [-0.1, -0.05) is 12.8 Å². The first-order valence-electron chi connectivity index (χ1n) is 6.83. The third-order valence-corrected chi connectivity index (χ3v) is 3.83. The second-order valence-corrected chi connectivity index (χ2v) is 4.99. The van der Waals surface area contributed by atoms with Crippen molar-refractivity contribution < 1.29 is 14.8 Å². The number of hydrogen-bond acceptors (Lipinski definition) is 4. The topological polar surface area (TPSA) is 83.7 Å². The van der Waals surface area contributed by atoms with Crippen molar-refractivity contribution in [2.45, 2.75) is 38.6 Å². The van der Waals surface area contributed by atoms with E-state index in [2.05, 4.69) is 0 Å². The summed E-state index contributed by atoms with van der Waals surface area (Å²) in [6.45, 7) is 2.57. The fraction of sp³-hybridized carbons (Fsp3) is 0.500. The molecule has 0 saturated heterocycles. The second kappa shape index (κ2) is 5.90. The van der Waals surface area contributed by atoms with Gasteiger partial charge >= 0.3 is 5.97 Å². The maximum Gasteiger partial charge on any atom is 0.335 e. The molecular weight excluding hydrogens is 260 g/mol. The van der Waals surface area contributed by atoms with Crippen LogP contribution in [0.1, 0.15) is 43.0 Å². The lowest BCUT2D eigenvalue weighted by atomic mass is 10.1. The van der Waals surface area contributed by atoms with Gasteiger partial charge in [0.15, 0.2) is 0 Å². The number of carboxylic acids is 1. The van der Waals surface area contributed by atoms with Crippen LogP contribution in [-0.4, -0.2) is 28.6 Å². The van der Waals surface area contributed by atoms with E-state index in [1.54, 1.807) is 0 Å². The first-order chi connectivity index (χ1) is 9.54. The molecule has 2 rings (SSSR count). The second-order valence-electron chi connectivity index (χ2n) is 4.99. The van der Waals surface area contributed by atoms with Crippen molar-refractivity contribution in [1.29, 1.82) is 0 Å². The van der Waals surface area contributed by atoms with Gasteiger partial charge in [0.05, 0.1) is 10.5 Å². The van der Waals surface area contributed by atoms with Crippen LogP contribution in [0.25, 0.3) is 0 Å². The highest BCUT2D eigenvalue weighted by Gasteiger charge is 2.27. The van der Waals surface area contributed by atoms with Gasteiger partial charge in [0, 0.05) is 18.7 Å². The predicted molar refractivity (Wildman–Crippen MR) is 75.3 cm³/mol. The Morgan fingerprint density at radius 2 is 2.10 bits per heavy atom. The highest BCUT2D eigenvalue weighted by molar-refractivity contribution is 5.90. The summed E-state index contributed by atoms with van der Waals surface area (Å²) in [7, 11) is 0. The predicted octanol–water partition coefficient (Wildman–Crippen LogP) is 3.06. The summed E-state index contributed by atoms with van der Waals surface area (Å²) in [6, 6.07) is 4.26. The minimum atomic E-state index is -1.07. The summed E-state index contributed by atoms with van der Waals surface area (Å²) in [4.78, 5) is 23.8. The van der Waals surface area contributed by atoms with E-state index >= 15 is 0 Å². The molecule has 0 aromatic heterocycles. The van der Waals surface area contributed by atoms with Crippen molar-refractivity contribution in [1.82, 2.24) is 0 Å². The summed E-state index contributed by atoms with van der Waals surface area (Å²) < 4.78 is 0. The number of hydrogen-bond donors (Lipinski definition) is 1. The maximum absolute atomic E-state index is 11.2. The molecule has 6 heteroatoms. The van der Waals surface area contributed by atoms with E-state index in [0.717, 1.165) is 25.7 Å². The molecule has 1 aromatic carbocycles. The monoisotopic (exact) mass is 278 g/mol. The summed E-state index contributed by atoms with van der Waals surface area (Å²) >= 11 is 0. The molecule has 20 heavy (non-hydrogen) atoms. The maximum atomic E-state index is 11.2. The Labute approximate surface area is 117 Å². The smallest absolute Gasteiger partial charge is 0.335 e. The Kier molecular flexibility index (Phi) is 4.22. The molecule has 1 saturated carbocycles. The van der Waals surface area contributed by atoms with Gasteiger partial charge < -0.3 is 10.0 Å². The average Bonchev–Trinajstić information content (AvgIpc) is 2.93. The van der Waals surface area contributed by atoms with Gasteiger partial charge in [0.25, 0.3) is 5.69 Å². The SMILES string of the molecule is CCN(c1cc(C(=O)O)ccc1[N+](=O)[O-])C1CCCC1. The van der Waals surface area contributed by atoms with Gasteiger partial charge in [-0.15, -0.1) is 0 Å². The number of carboxylic acid groups (broad SMARTS) is 1. The zero-order valence-electron chi connectivity index (χ0n) is 11.4. The minimum Gasteiger partial charge on any atom is -0.478 e. The quantitative estimate of drug-likeness (QED) is 0.661. The van der Waals surface area contributed by atoms with Crippen LogP contribution in [0.3, 0.4) is 0 Å². The summed E-state index contributed by atoms with van der Waals surface area (Å²) in [5.41, 5.74) is 0.482. The standard InChI is InChI=1S/C14H18N2O4/c1-2-15(11-5-3-4-6-11)13-9-10(14(17)18)7-8-12(13)16(19)20/h7-9,11H,2-6H2,1H3,(H,17,18). The largest absolute Gasteiger partial charge is 0.478 e. The van der Waals surface area contributed by atoms with Crippen molar-refractivity contribution >= 4 is 17.3 Å². The Bertz CT molecular complexity index is 524. The molecule has 0 unspecified atom stereocenters. The summed E-state index contributed by atoms with van der Waals surface area (Å²) in [6.07, 6.45) is 4.24. The molecule has 1 aliphatic carbocycles. The number of benzene rings is 1. The van der Waals surface area contributed by atoms with E-state index < -0.39 is 10.9 Å². The van der Waals surface area contributed by atoms with E-state index in [1.807, 2.05) is 11.8 Å². The van der Waals surface area contributed by atoms with Gasteiger partial charge in [0.1, 0.15) is 5.69 Å². The van der Waals surface area contributed by atoms with Crippen molar-refractivity contribution in [3.63, 3.8) is 0 Å². The van der Waals surface area contributed by atoms with E-state index in [1.165, 1.54) is 18.2 Å². The lowest BCUT2D eigenvalue weighted by molar-refractivity contribution is -0.384. The highest BCUT2D eigenvalue weighted by Crippen LogP contribution is 2.34. The van der Waals surface area contributed by atoms with Gasteiger partial charge in [-0.05, 0) is 31.9 Å². The van der Waals surface area contributed by atoms with Crippen molar-refractivity contribution in [2.75, 3.05) is 11.4 Å². The molecular formula is C14H18N2O4. The number of anilines is 1. The van der Waals surface area contributed by atoms with E-state index in [-0.39, 0.29) is 17.3 Å². The number of aromatic carboxylic acids is 1. The number of nitrogens with zero attached hydrogens (tertiary/aromatic N) is 2. The van der Waals surface area contributed by atoms with E-state index in [9.17, 15) is 14.9 Å². The number of rotatable bonds is 5. The number of nitro groups is 1. The fourth-order valence-electron chi connectivity index (χ4n) is 2.88. The normalized spacial score (nSPS) is 15.2. The lowest BCUT2D eigenvalue weighted by Crippen LogP contribution is -2.33. The molecule has 0 radical (unpaired) electrons. The molecule has 0 bridgehead atoms. The molecule has 1 aliphatic rings. The fourth-order valence-corrected chi connectivity index (χ4v) is 2.88. The summed E-state index contributed by atoms with van der Waals surface area (Å²) in [5, 5.41) is 20.2. The zero-order chi connectivity index (χ0) is 14.7. The van der Waals surface area contributed by atoms with Crippen LogP contribution in [0.2, 0.25) is 0 Å². The summed E-state index contributed by atoms with van der Waals surface area (Å²) in [5.74, 6) is -1.07. The van der Waals surface area contributed by atoms with Crippen LogP contribution in [0, 0.1) is 10.1 Å². The Hall–Kier alpha value is -2.11. The van der Waals surface area contributed by atoms with Crippen LogP contribution in [0.4, 0.5) is 11.4 Å². The van der Waals surface area contributed by atoms with Crippen molar-refractivity contribution in [3.05, 3.63) is 33.9 Å². The number of nitro benzene ring substituents is 1.